The summed E-state index contributed by atoms with van der Waals surface area (Å²) in [6.45, 7) is 4.38. The van der Waals surface area contributed by atoms with E-state index in [1.807, 2.05) is 30.3 Å². The maximum Gasteiger partial charge on any atom is 0.329 e. The topological polar surface area (TPSA) is 46.6 Å². The Morgan fingerprint density at radius 2 is 1.76 bits per heavy atom. The van der Waals surface area contributed by atoms with Crippen LogP contribution in [-0.2, 0) is 20.9 Å². The molecule has 0 radical (unpaired) electrons. The lowest BCUT2D eigenvalue weighted by molar-refractivity contribution is -0.157. The SMILES string of the molecule is CC(C)C[C@@H](C(=O)OCc1ccccc1)N(C)C(=O)C1CCCCC1. The second-order valence-corrected chi connectivity index (χ2v) is 7.52. The van der Waals surface area contributed by atoms with Gasteiger partial charge < -0.3 is 9.64 Å². The number of ether oxygens (including phenoxy) is 1. The van der Waals surface area contributed by atoms with Crippen molar-refractivity contribution in [1.82, 2.24) is 4.90 Å². The number of hydrogen-bond acceptors (Lipinski definition) is 3. The Balaban J connectivity index is 2.00. The molecule has 0 N–H and O–H groups in total. The first-order valence-electron chi connectivity index (χ1n) is 9.46. The van der Waals surface area contributed by atoms with E-state index in [2.05, 4.69) is 13.8 Å². The quantitative estimate of drug-likeness (QED) is 0.696. The summed E-state index contributed by atoms with van der Waals surface area (Å²) < 4.78 is 5.52. The van der Waals surface area contributed by atoms with Crippen molar-refractivity contribution in [3.8, 4) is 0 Å². The van der Waals surface area contributed by atoms with Crippen molar-refractivity contribution in [2.45, 2.75) is 65.0 Å². The van der Waals surface area contributed by atoms with Crippen molar-refractivity contribution >= 4 is 11.9 Å². The molecule has 25 heavy (non-hydrogen) atoms. The molecule has 2 rings (SSSR count). The van der Waals surface area contributed by atoms with Crippen LogP contribution in [0.3, 0.4) is 0 Å². The van der Waals surface area contributed by atoms with E-state index < -0.39 is 6.04 Å². The second kappa shape index (κ2) is 9.59. The van der Waals surface area contributed by atoms with Crippen molar-refractivity contribution in [3.05, 3.63) is 35.9 Å². The van der Waals surface area contributed by atoms with Gasteiger partial charge in [0.1, 0.15) is 12.6 Å². The maximum atomic E-state index is 12.8. The van der Waals surface area contributed by atoms with Crippen LogP contribution in [-0.4, -0.2) is 29.9 Å². The number of carbonyl (C=O) groups excluding carboxylic acids is 2. The molecule has 1 saturated carbocycles. The zero-order valence-corrected chi connectivity index (χ0v) is 15.7. The van der Waals surface area contributed by atoms with Crippen LogP contribution in [0, 0.1) is 11.8 Å². The minimum absolute atomic E-state index is 0.0651. The molecule has 1 aromatic carbocycles. The van der Waals surface area contributed by atoms with E-state index in [0.29, 0.717) is 12.3 Å². The zero-order valence-electron chi connectivity index (χ0n) is 15.7. The van der Waals surface area contributed by atoms with Crippen molar-refractivity contribution in [2.24, 2.45) is 11.8 Å². The molecule has 1 fully saturated rings. The fraction of sp³-hybridized carbons (Fsp3) is 0.619. The number of carbonyl (C=O) groups is 2. The number of benzene rings is 1. The molecule has 138 valence electrons. The minimum Gasteiger partial charge on any atom is -0.459 e. The molecule has 0 saturated heterocycles. The van der Waals surface area contributed by atoms with Crippen LogP contribution in [0.1, 0.15) is 57.9 Å². The number of nitrogens with zero attached hydrogens (tertiary/aromatic N) is 1. The zero-order chi connectivity index (χ0) is 18.2. The molecule has 1 aliphatic carbocycles. The first kappa shape index (κ1) is 19.5. The van der Waals surface area contributed by atoms with Gasteiger partial charge >= 0.3 is 5.97 Å². The molecule has 0 bridgehead atoms. The molecule has 0 heterocycles. The van der Waals surface area contributed by atoms with Crippen LogP contribution in [0.4, 0.5) is 0 Å². The van der Waals surface area contributed by atoms with Crippen molar-refractivity contribution in [1.29, 1.82) is 0 Å². The Morgan fingerprint density at radius 1 is 1.12 bits per heavy atom. The van der Waals surface area contributed by atoms with Gasteiger partial charge in [-0.3, -0.25) is 4.79 Å². The van der Waals surface area contributed by atoms with Crippen LogP contribution < -0.4 is 0 Å². The highest BCUT2D eigenvalue weighted by Crippen LogP contribution is 2.26. The maximum absolute atomic E-state index is 12.8. The fourth-order valence-electron chi connectivity index (χ4n) is 3.47. The normalized spacial score (nSPS) is 16.5. The van der Waals surface area contributed by atoms with Gasteiger partial charge in [-0.15, -0.1) is 0 Å². The van der Waals surface area contributed by atoms with Crippen LogP contribution in [0.25, 0.3) is 0 Å². The minimum atomic E-state index is -0.502. The second-order valence-electron chi connectivity index (χ2n) is 7.52. The predicted octanol–water partition coefficient (Wildman–Crippen LogP) is 4.18. The summed E-state index contributed by atoms with van der Waals surface area (Å²) in [4.78, 5) is 27.1. The average Bonchev–Trinajstić information content (AvgIpc) is 2.64. The van der Waals surface area contributed by atoms with E-state index in [9.17, 15) is 9.59 Å². The molecular formula is C21H31NO3. The van der Waals surface area contributed by atoms with Gasteiger partial charge in [0.2, 0.25) is 5.91 Å². The van der Waals surface area contributed by atoms with Crippen LogP contribution in [0.15, 0.2) is 30.3 Å². The van der Waals surface area contributed by atoms with Gasteiger partial charge in [-0.1, -0.05) is 63.4 Å². The number of esters is 1. The molecule has 1 aliphatic rings. The molecule has 0 spiro atoms. The number of rotatable bonds is 7. The highest BCUT2D eigenvalue weighted by Gasteiger charge is 2.33. The van der Waals surface area contributed by atoms with Gasteiger partial charge in [0, 0.05) is 13.0 Å². The monoisotopic (exact) mass is 345 g/mol. The Hall–Kier alpha value is -1.84. The Kier molecular flexibility index (Phi) is 7.48. The van der Waals surface area contributed by atoms with Crippen LogP contribution in [0.2, 0.25) is 0 Å². The average molecular weight is 345 g/mol. The third-order valence-corrected chi connectivity index (χ3v) is 4.96. The molecule has 0 aromatic heterocycles. The predicted molar refractivity (Wildman–Crippen MR) is 98.8 cm³/mol. The van der Waals surface area contributed by atoms with E-state index >= 15 is 0 Å². The lowest BCUT2D eigenvalue weighted by Gasteiger charge is -2.32. The van der Waals surface area contributed by atoms with Crippen LogP contribution >= 0.6 is 0 Å². The molecule has 0 unspecified atom stereocenters. The molecule has 1 amide bonds. The van der Waals surface area contributed by atoms with Gasteiger partial charge in [0.05, 0.1) is 0 Å². The van der Waals surface area contributed by atoms with Crippen molar-refractivity contribution in [3.63, 3.8) is 0 Å². The molecule has 1 aromatic rings. The van der Waals surface area contributed by atoms with E-state index in [1.165, 1.54) is 6.42 Å². The Morgan fingerprint density at radius 3 is 2.36 bits per heavy atom. The summed E-state index contributed by atoms with van der Waals surface area (Å²) in [5.41, 5.74) is 0.959. The summed E-state index contributed by atoms with van der Waals surface area (Å²) in [7, 11) is 1.76. The standard InChI is InChI=1S/C21H31NO3/c1-16(2)14-19(21(24)25-15-17-10-6-4-7-11-17)22(3)20(23)18-12-8-5-9-13-18/h4,6-7,10-11,16,18-19H,5,8-9,12-15H2,1-3H3/t19-/m0/s1. The first-order chi connectivity index (χ1) is 12.0. The van der Waals surface area contributed by atoms with Gasteiger partial charge in [-0.2, -0.15) is 0 Å². The summed E-state index contributed by atoms with van der Waals surface area (Å²) in [5, 5.41) is 0. The Bertz CT molecular complexity index is 550. The first-order valence-corrected chi connectivity index (χ1v) is 9.46. The summed E-state index contributed by atoms with van der Waals surface area (Å²) in [5.74, 6) is 0.178. The molecular weight excluding hydrogens is 314 g/mol. The van der Waals surface area contributed by atoms with Gasteiger partial charge in [-0.05, 0) is 30.7 Å². The number of likely N-dealkylation sites (N-methyl/N-ethyl adjacent to an activating group) is 1. The lowest BCUT2D eigenvalue weighted by Crippen LogP contribution is -2.46. The van der Waals surface area contributed by atoms with E-state index in [-0.39, 0.29) is 24.4 Å². The molecule has 4 heteroatoms. The molecule has 4 nitrogen and oxygen atoms in total. The smallest absolute Gasteiger partial charge is 0.329 e. The summed E-state index contributed by atoms with van der Waals surface area (Å²) in [6.07, 6.45) is 5.94. The van der Waals surface area contributed by atoms with E-state index in [4.69, 9.17) is 4.74 Å². The van der Waals surface area contributed by atoms with Crippen molar-refractivity contribution in [2.75, 3.05) is 7.05 Å². The van der Waals surface area contributed by atoms with E-state index in [0.717, 1.165) is 31.2 Å². The van der Waals surface area contributed by atoms with Gasteiger partial charge in [-0.25, -0.2) is 4.79 Å². The third-order valence-electron chi connectivity index (χ3n) is 4.96. The third kappa shape index (κ3) is 5.87. The fourth-order valence-corrected chi connectivity index (χ4v) is 3.47. The highest BCUT2D eigenvalue weighted by molar-refractivity contribution is 5.85. The van der Waals surface area contributed by atoms with Crippen molar-refractivity contribution < 1.29 is 14.3 Å². The largest absolute Gasteiger partial charge is 0.459 e. The van der Waals surface area contributed by atoms with Gasteiger partial charge in [0.15, 0.2) is 0 Å². The summed E-state index contributed by atoms with van der Waals surface area (Å²) in [6, 6.07) is 9.14. The van der Waals surface area contributed by atoms with Crippen LogP contribution in [0.5, 0.6) is 0 Å². The molecule has 0 aliphatic heterocycles. The van der Waals surface area contributed by atoms with E-state index in [1.54, 1.807) is 11.9 Å². The number of amides is 1. The Labute approximate surface area is 151 Å². The molecule has 1 atom stereocenters. The highest BCUT2D eigenvalue weighted by atomic mass is 16.5. The lowest BCUT2D eigenvalue weighted by atomic mass is 9.87. The van der Waals surface area contributed by atoms with Gasteiger partial charge in [0.25, 0.3) is 0 Å². The number of hydrogen-bond donors (Lipinski definition) is 0. The summed E-state index contributed by atoms with van der Waals surface area (Å²) >= 11 is 0.